The molecule has 1 atom stereocenters. The molecule has 170 valence electrons. The van der Waals surface area contributed by atoms with Crippen molar-refractivity contribution in [1.82, 2.24) is 19.8 Å². The molecular weight excluding hydrogens is 423 g/mol. The Morgan fingerprint density at radius 2 is 1.78 bits per heavy atom. The number of carbonyl (C=O) groups excluding carboxylic acids is 2. The lowest BCUT2D eigenvalue weighted by Crippen LogP contribution is -2.53. The highest BCUT2D eigenvalue weighted by molar-refractivity contribution is 5.84. The van der Waals surface area contributed by atoms with Crippen LogP contribution < -0.4 is 4.90 Å². The molecule has 4 rings (SSSR count). The largest absolute Gasteiger partial charge is 0.416 e. The maximum Gasteiger partial charge on any atom is 0.416 e. The van der Waals surface area contributed by atoms with Crippen molar-refractivity contribution < 1.29 is 22.8 Å². The number of anilines is 1. The predicted molar refractivity (Wildman–Crippen MR) is 110 cm³/mol. The van der Waals surface area contributed by atoms with Crippen LogP contribution in [-0.2, 0) is 22.3 Å². The molecule has 3 heterocycles. The third kappa shape index (κ3) is 5.00. The summed E-state index contributed by atoms with van der Waals surface area (Å²) < 4.78 is 39.0. The summed E-state index contributed by atoms with van der Waals surface area (Å²) in [6.45, 7) is 2.59. The molecule has 2 saturated heterocycles. The van der Waals surface area contributed by atoms with Crippen molar-refractivity contribution >= 4 is 17.8 Å². The van der Waals surface area contributed by atoms with Gasteiger partial charge in [-0.2, -0.15) is 13.2 Å². The number of aromatic nitrogens is 2. The van der Waals surface area contributed by atoms with E-state index in [9.17, 15) is 22.8 Å². The van der Waals surface area contributed by atoms with Gasteiger partial charge in [-0.25, -0.2) is 9.97 Å². The number of amides is 2. The molecule has 10 heteroatoms. The average molecular weight is 447 g/mol. The minimum Gasteiger partial charge on any atom is -0.339 e. The molecule has 32 heavy (non-hydrogen) atoms. The van der Waals surface area contributed by atoms with Crippen LogP contribution in [0.2, 0.25) is 0 Å². The minimum atomic E-state index is -4.44. The van der Waals surface area contributed by atoms with Gasteiger partial charge in [0.25, 0.3) is 0 Å². The van der Waals surface area contributed by atoms with Crippen molar-refractivity contribution in [2.24, 2.45) is 5.92 Å². The molecule has 1 aromatic heterocycles. The number of benzene rings is 1. The van der Waals surface area contributed by atoms with Gasteiger partial charge in [0.2, 0.25) is 17.8 Å². The van der Waals surface area contributed by atoms with E-state index in [2.05, 4.69) is 9.97 Å². The third-order valence-corrected chi connectivity index (χ3v) is 5.90. The van der Waals surface area contributed by atoms with Gasteiger partial charge in [0.05, 0.1) is 11.5 Å². The van der Waals surface area contributed by atoms with Crippen LogP contribution in [0.25, 0.3) is 0 Å². The van der Waals surface area contributed by atoms with E-state index in [4.69, 9.17) is 0 Å². The van der Waals surface area contributed by atoms with Gasteiger partial charge in [-0.15, -0.1) is 0 Å². The second-order valence-corrected chi connectivity index (χ2v) is 8.07. The summed E-state index contributed by atoms with van der Waals surface area (Å²) in [6, 6.07) is 6.72. The Morgan fingerprint density at radius 3 is 2.47 bits per heavy atom. The highest BCUT2D eigenvalue weighted by Gasteiger charge is 2.35. The van der Waals surface area contributed by atoms with E-state index in [-0.39, 0.29) is 37.2 Å². The summed E-state index contributed by atoms with van der Waals surface area (Å²) >= 11 is 0. The van der Waals surface area contributed by atoms with Crippen molar-refractivity contribution in [2.45, 2.75) is 25.6 Å². The van der Waals surface area contributed by atoms with E-state index in [1.807, 2.05) is 4.90 Å². The van der Waals surface area contributed by atoms with Gasteiger partial charge in [-0.05, 0) is 30.2 Å². The van der Waals surface area contributed by atoms with E-state index >= 15 is 0 Å². The van der Waals surface area contributed by atoms with Crippen LogP contribution in [-0.4, -0.2) is 64.3 Å². The van der Waals surface area contributed by atoms with Gasteiger partial charge in [-0.1, -0.05) is 12.1 Å². The molecule has 2 aliphatic rings. The summed E-state index contributed by atoms with van der Waals surface area (Å²) in [6.07, 6.45) is -0.408. The van der Waals surface area contributed by atoms with Crippen LogP contribution in [0.15, 0.2) is 42.7 Å². The quantitative estimate of drug-likeness (QED) is 0.721. The number of halogens is 3. The topological polar surface area (TPSA) is 69.6 Å². The van der Waals surface area contributed by atoms with E-state index in [1.165, 1.54) is 11.0 Å². The van der Waals surface area contributed by atoms with Crippen molar-refractivity contribution in [3.8, 4) is 0 Å². The van der Waals surface area contributed by atoms with Gasteiger partial charge in [0, 0.05) is 58.1 Å². The lowest BCUT2D eigenvalue weighted by atomic mass is 9.95. The number of piperazine rings is 1. The van der Waals surface area contributed by atoms with Gasteiger partial charge < -0.3 is 14.7 Å². The van der Waals surface area contributed by atoms with Crippen LogP contribution in [0.4, 0.5) is 19.1 Å². The molecule has 1 unspecified atom stereocenters. The fourth-order valence-corrected chi connectivity index (χ4v) is 4.18. The molecule has 0 bridgehead atoms. The number of alkyl halides is 3. The third-order valence-electron chi connectivity index (χ3n) is 5.90. The van der Waals surface area contributed by atoms with E-state index in [1.54, 1.807) is 29.4 Å². The molecule has 7 nitrogen and oxygen atoms in total. The van der Waals surface area contributed by atoms with E-state index in [0.29, 0.717) is 44.1 Å². The van der Waals surface area contributed by atoms with Gasteiger partial charge in [0.15, 0.2) is 0 Å². The van der Waals surface area contributed by atoms with Gasteiger partial charge in [-0.3, -0.25) is 9.59 Å². The summed E-state index contributed by atoms with van der Waals surface area (Å²) in [4.78, 5) is 39.2. The number of hydrogen-bond donors (Lipinski definition) is 0. The first-order valence-electron chi connectivity index (χ1n) is 10.6. The normalized spacial score (nSPS) is 19.9. The Bertz CT molecular complexity index is 962. The zero-order valence-electron chi connectivity index (χ0n) is 17.5. The maximum absolute atomic E-state index is 13.1. The fourth-order valence-electron chi connectivity index (χ4n) is 4.18. The zero-order valence-corrected chi connectivity index (χ0v) is 17.5. The number of carbonyl (C=O) groups is 2. The lowest BCUT2D eigenvalue weighted by Gasteiger charge is -2.39. The van der Waals surface area contributed by atoms with Gasteiger partial charge in [0.1, 0.15) is 0 Å². The molecule has 0 radical (unpaired) electrons. The van der Waals surface area contributed by atoms with Crippen LogP contribution in [0, 0.1) is 5.92 Å². The molecule has 0 N–H and O–H groups in total. The SMILES string of the molecule is O=C1CCC(C(=O)N2CCN(c3ncccn3)CC2)CN1Cc1cccc(C(F)(F)F)c1. The zero-order chi connectivity index (χ0) is 22.7. The summed E-state index contributed by atoms with van der Waals surface area (Å²) in [5, 5.41) is 0. The number of nitrogens with zero attached hydrogens (tertiary/aromatic N) is 5. The first-order chi connectivity index (χ1) is 15.3. The molecule has 0 spiro atoms. The Hall–Kier alpha value is -3.17. The molecule has 2 aromatic rings. The van der Waals surface area contributed by atoms with Crippen molar-refractivity contribution in [3.05, 3.63) is 53.9 Å². The highest BCUT2D eigenvalue weighted by atomic mass is 19.4. The number of hydrogen-bond acceptors (Lipinski definition) is 5. The Balaban J connectivity index is 1.36. The molecule has 0 saturated carbocycles. The first kappa shape index (κ1) is 22.0. The van der Waals surface area contributed by atoms with Crippen molar-refractivity contribution in [1.29, 1.82) is 0 Å². The van der Waals surface area contributed by atoms with Gasteiger partial charge >= 0.3 is 6.18 Å². The number of rotatable bonds is 4. The van der Waals surface area contributed by atoms with E-state index in [0.717, 1.165) is 12.1 Å². The average Bonchev–Trinajstić information content (AvgIpc) is 2.80. The smallest absolute Gasteiger partial charge is 0.339 e. The molecule has 0 aliphatic carbocycles. The lowest BCUT2D eigenvalue weighted by molar-refractivity contribution is -0.143. The van der Waals surface area contributed by atoms with Crippen LogP contribution in [0.5, 0.6) is 0 Å². The monoisotopic (exact) mass is 447 g/mol. The molecule has 2 fully saturated rings. The Labute approximate surface area is 183 Å². The second kappa shape index (κ2) is 9.13. The fraction of sp³-hybridized carbons (Fsp3) is 0.455. The number of piperidine rings is 1. The highest BCUT2D eigenvalue weighted by Crippen LogP contribution is 2.30. The van der Waals surface area contributed by atoms with Crippen LogP contribution in [0.1, 0.15) is 24.0 Å². The maximum atomic E-state index is 13.1. The predicted octanol–water partition coefficient (Wildman–Crippen LogP) is 2.58. The molecular formula is C22H24F3N5O2. The standard InChI is InChI=1S/C22H24F3N5O2/c23-22(24,25)18-4-1-3-16(13-18)14-30-15-17(5-6-19(30)31)20(32)28-9-11-29(12-10-28)21-26-7-2-8-27-21/h1-4,7-8,13,17H,5-6,9-12,14-15H2. The van der Waals surface area contributed by atoms with Crippen LogP contribution >= 0.6 is 0 Å². The first-order valence-corrected chi connectivity index (χ1v) is 10.6. The summed E-state index contributed by atoms with van der Waals surface area (Å²) in [7, 11) is 0. The van der Waals surface area contributed by atoms with Crippen molar-refractivity contribution in [3.63, 3.8) is 0 Å². The number of likely N-dealkylation sites (tertiary alicyclic amines) is 1. The minimum absolute atomic E-state index is 0.0137. The molecule has 2 aliphatic heterocycles. The summed E-state index contributed by atoms with van der Waals surface area (Å²) in [5.74, 6) is 0.130. The molecule has 2 amide bonds. The Morgan fingerprint density at radius 1 is 1.06 bits per heavy atom. The summed E-state index contributed by atoms with van der Waals surface area (Å²) in [5.41, 5.74) is -0.342. The van der Waals surface area contributed by atoms with Crippen molar-refractivity contribution in [2.75, 3.05) is 37.6 Å². The van der Waals surface area contributed by atoms with E-state index < -0.39 is 11.7 Å². The second-order valence-electron chi connectivity index (χ2n) is 8.07. The molecule has 1 aromatic carbocycles. The Kier molecular flexibility index (Phi) is 6.29. The van der Waals surface area contributed by atoms with Crippen LogP contribution in [0.3, 0.4) is 0 Å².